The largest absolute Gasteiger partial charge is 0.464 e. The van der Waals surface area contributed by atoms with Crippen LogP contribution in [0.5, 0.6) is 6.01 Å². The molecule has 9 heteroatoms. The first-order valence-electron chi connectivity index (χ1n) is 6.24. The number of nitrogens with zero attached hydrogens (tertiary/aromatic N) is 3. The average Bonchev–Trinajstić information content (AvgIpc) is 2.83. The molecule has 2 aromatic rings. The summed E-state index contributed by atoms with van der Waals surface area (Å²) in [6.07, 6.45) is 0. The first-order chi connectivity index (χ1) is 9.71. The molecule has 0 amide bonds. The van der Waals surface area contributed by atoms with E-state index < -0.39 is 0 Å². The molecule has 0 unspecified atom stereocenters. The maximum atomic E-state index is 11.0. The summed E-state index contributed by atoms with van der Waals surface area (Å²) in [5.41, 5.74) is 0.781. The molecule has 3 N–H and O–H groups in total. The van der Waals surface area contributed by atoms with Gasteiger partial charge in [0.1, 0.15) is 0 Å². The summed E-state index contributed by atoms with van der Waals surface area (Å²) in [6.45, 7) is 5.42. The van der Waals surface area contributed by atoms with Gasteiger partial charge in [-0.2, -0.15) is 15.0 Å². The first kappa shape index (κ1) is 14.3. The molecule has 0 atom stereocenters. The Balaban J connectivity index is 2.10. The van der Waals surface area contributed by atoms with Crippen LogP contribution in [0.2, 0.25) is 0 Å². The molecule has 0 radical (unpaired) electrons. The quantitative estimate of drug-likeness (QED) is 0.701. The van der Waals surface area contributed by atoms with Gasteiger partial charge in [-0.1, -0.05) is 11.3 Å². The van der Waals surface area contributed by atoms with Crippen LogP contribution >= 0.6 is 11.3 Å². The van der Waals surface area contributed by atoms with Crippen molar-refractivity contribution in [2.24, 2.45) is 0 Å². The minimum absolute atomic E-state index is 0.0826. The van der Waals surface area contributed by atoms with Gasteiger partial charge < -0.3 is 20.4 Å². The molecule has 0 saturated heterocycles. The molecule has 20 heavy (non-hydrogen) atoms. The molecule has 8 nitrogen and oxygen atoms in total. The maximum Gasteiger partial charge on any atom is 0.323 e. The summed E-state index contributed by atoms with van der Waals surface area (Å²) < 4.78 is 5.29. The molecule has 0 saturated carbocycles. The number of ether oxygens (including phenoxy) is 1. The van der Waals surface area contributed by atoms with Gasteiger partial charge in [0.05, 0.1) is 13.2 Å². The minimum Gasteiger partial charge on any atom is -0.464 e. The lowest BCUT2D eigenvalue weighted by Crippen LogP contribution is -2.11. The third kappa shape index (κ3) is 3.92. The zero-order valence-electron chi connectivity index (χ0n) is 11.3. The van der Waals surface area contributed by atoms with E-state index in [4.69, 9.17) is 4.74 Å². The number of hydrogen-bond donors (Lipinski definition) is 3. The zero-order chi connectivity index (χ0) is 14.4. The fraction of sp³-hybridized carbons (Fsp3) is 0.455. The molecule has 0 bridgehead atoms. The lowest BCUT2D eigenvalue weighted by Gasteiger charge is -2.08. The van der Waals surface area contributed by atoms with Gasteiger partial charge in [-0.25, -0.2) is 0 Å². The Morgan fingerprint density at radius 2 is 2.00 bits per heavy atom. The van der Waals surface area contributed by atoms with Crippen LogP contribution in [0.4, 0.5) is 11.9 Å². The molecular formula is C11H16N6O2S. The highest BCUT2D eigenvalue weighted by atomic mass is 32.1. The van der Waals surface area contributed by atoms with Crippen LogP contribution in [0.15, 0.2) is 10.2 Å². The summed E-state index contributed by atoms with van der Waals surface area (Å²) in [7, 11) is 0. The summed E-state index contributed by atoms with van der Waals surface area (Å²) in [6, 6.07) is 0.264. The number of aromatic amines is 1. The Labute approximate surface area is 119 Å². The number of thiazole rings is 1. The smallest absolute Gasteiger partial charge is 0.323 e. The van der Waals surface area contributed by atoms with Crippen molar-refractivity contribution in [3.63, 3.8) is 0 Å². The molecule has 0 aromatic carbocycles. The van der Waals surface area contributed by atoms with Crippen LogP contribution < -0.4 is 20.2 Å². The molecule has 2 rings (SSSR count). The number of aromatic nitrogens is 4. The Hall–Kier alpha value is -2.16. The second kappa shape index (κ2) is 6.85. The highest BCUT2D eigenvalue weighted by molar-refractivity contribution is 7.07. The van der Waals surface area contributed by atoms with Gasteiger partial charge in [0, 0.05) is 17.6 Å². The highest BCUT2D eigenvalue weighted by Crippen LogP contribution is 2.11. The number of hydrogen-bond acceptors (Lipinski definition) is 8. The van der Waals surface area contributed by atoms with Gasteiger partial charge in [0.15, 0.2) is 0 Å². The summed E-state index contributed by atoms with van der Waals surface area (Å²) in [4.78, 5) is 26.1. The Bertz CT molecular complexity index is 587. The fourth-order valence-electron chi connectivity index (χ4n) is 1.44. The second-order valence-electron chi connectivity index (χ2n) is 3.76. The molecule has 0 aliphatic rings. The standard InChI is InChI=1S/C11H16N6O2S/c1-3-12-8-15-9(17-10(16-8)19-4-2)13-5-7-6-20-11(18)14-7/h6H,3-5H2,1-2H3,(H,14,18)(H2,12,13,15,16,17). The van der Waals surface area contributed by atoms with E-state index in [0.29, 0.717) is 31.6 Å². The molecule has 2 heterocycles. The summed E-state index contributed by atoms with van der Waals surface area (Å²) in [5.74, 6) is 0.846. The van der Waals surface area contributed by atoms with Crippen LogP contribution in [0.3, 0.4) is 0 Å². The molecule has 0 spiro atoms. The molecule has 0 aliphatic heterocycles. The minimum atomic E-state index is -0.0826. The predicted molar refractivity (Wildman–Crippen MR) is 77.4 cm³/mol. The van der Waals surface area contributed by atoms with Gasteiger partial charge in [-0.3, -0.25) is 4.79 Å². The van der Waals surface area contributed by atoms with Crippen molar-refractivity contribution in [3.05, 3.63) is 20.7 Å². The van der Waals surface area contributed by atoms with E-state index in [-0.39, 0.29) is 10.9 Å². The van der Waals surface area contributed by atoms with Gasteiger partial charge >= 0.3 is 10.9 Å². The van der Waals surface area contributed by atoms with Crippen LogP contribution in [0.1, 0.15) is 19.5 Å². The van der Waals surface area contributed by atoms with Crippen LogP contribution in [0, 0.1) is 0 Å². The van der Waals surface area contributed by atoms with Crippen molar-refractivity contribution >= 4 is 23.2 Å². The van der Waals surface area contributed by atoms with Gasteiger partial charge in [-0.05, 0) is 13.8 Å². The fourth-order valence-corrected chi connectivity index (χ4v) is 2.02. The van der Waals surface area contributed by atoms with Crippen molar-refractivity contribution in [2.75, 3.05) is 23.8 Å². The second-order valence-corrected chi connectivity index (χ2v) is 4.60. The third-order valence-corrected chi connectivity index (χ3v) is 2.95. The van der Waals surface area contributed by atoms with E-state index in [1.54, 1.807) is 5.38 Å². The molecule has 0 aliphatic carbocycles. The lowest BCUT2D eigenvalue weighted by molar-refractivity contribution is 0.312. The van der Waals surface area contributed by atoms with Crippen molar-refractivity contribution < 1.29 is 4.74 Å². The summed E-state index contributed by atoms with van der Waals surface area (Å²) in [5, 5.41) is 7.79. The van der Waals surface area contributed by atoms with E-state index in [2.05, 4.69) is 30.6 Å². The topological polar surface area (TPSA) is 105 Å². The van der Waals surface area contributed by atoms with E-state index in [9.17, 15) is 4.79 Å². The van der Waals surface area contributed by atoms with Crippen molar-refractivity contribution in [3.8, 4) is 6.01 Å². The maximum absolute atomic E-state index is 11.0. The van der Waals surface area contributed by atoms with E-state index in [1.165, 1.54) is 0 Å². The van der Waals surface area contributed by atoms with Gasteiger partial charge in [0.25, 0.3) is 0 Å². The van der Waals surface area contributed by atoms with Gasteiger partial charge in [0.2, 0.25) is 11.9 Å². The lowest BCUT2D eigenvalue weighted by atomic mass is 10.5. The highest BCUT2D eigenvalue weighted by Gasteiger charge is 2.07. The van der Waals surface area contributed by atoms with E-state index in [1.807, 2.05) is 13.8 Å². The van der Waals surface area contributed by atoms with E-state index in [0.717, 1.165) is 17.0 Å². The SMILES string of the molecule is CCNc1nc(NCc2csc(=O)[nH]2)nc(OCC)n1. The molecule has 108 valence electrons. The monoisotopic (exact) mass is 296 g/mol. The average molecular weight is 296 g/mol. The zero-order valence-corrected chi connectivity index (χ0v) is 12.1. The number of nitrogens with one attached hydrogen (secondary N) is 3. The van der Waals surface area contributed by atoms with Crippen LogP contribution in [0.25, 0.3) is 0 Å². The van der Waals surface area contributed by atoms with E-state index >= 15 is 0 Å². The Morgan fingerprint density at radius 1 is 1.25 bits per heavy atom. The van der Waals surface area contributed by atoms with Crippen molar-refractivity contribution in [1.29, 1.82) is 0 Å². The summed E-state index contributed by atoms with van der Waals surface area (Å²) >= 11 is 1.12. The third-order valence-electron chi connectivity index (χ3n) is 2.23. The predicted octanol–water partition coefficient (Wildman–Crippen LogP) is 1.06. The van der Waals surface area contributed by atoms with Crippen LogP contribution in [-0.2, 0) is 6.54 Å². The first-order valence-corrected chi connectivity index (χ1v) is 7.12. The molecular weight excluding hydrogens is 280 g/mol. The van der Waals surface area contributed by atoms with Crippen LogP contribution in [-0.4, -0.2) is 33.1 Å². The number of anilines is 2. The Morgan fingerprint density at radius 3 is 2.60 bits per heavy atom. The van der Waals surface area contributed by atoms with Gasteiger partial charge in [-0.15, -0.1) is 0 Å². The van der Waals surface area contributed by atoms with Crippen molar-refractivity contribution in [1.82, 2.24) is 19.9 Å². The van der Waals surface area contributed by atoms with Crippen molar-refractivity contribution in [2.45, 2.75) is 20.4 Å². The molecule has 2 aromatic heterocycles. The molecule has 0 fully saturated rings. The Kier molecular flexibility index (Phi) is 4.88. The normalized spacial score (nSPS) is 10.3. The number of H-pyrrole nitrogens is 1. The number of rotatable bonds is 7.